The molecule has 2 aromatic rings. The number of alkyl halides is 3. The minimum Gasteiger partial charge on any atom is -0.466 e. The lowest BCUT2D eigenvalue weighted by atomic mass is 9.74. The Balaban J connectivity index is 2.16. The van der Waals surface area contributed by atoms with Gasteiger partial charge in [0, 0.05) is 11.8 Å². The molecule has 0 radical (unpaired) electrons. The molecule has 1 saturated carbocycles. The van der Waals surface area contributed by atoms with E-state index in [0.717, 1.165) is 11.8 Å². The van der Waals surface area contributed by atoms with Gasteiger partial charge < -0.3 is 4.74 Å². The molecule has 152 valence electrons. The second kappa shape index (κ2) is 7.20. The minimum absolute atomic E-state index is 0.0942. The van der Waals surface area contributed by atoms with Crippen LogP contribution >= 0.6 is 11.8 Å². The van der Waals surface area contributed by atoms with Gasteiger partial charge in [0.25, 0.3) is 10.1 Å². The van der Waals surface area contributed by atoms with Gasteiger partial charge in [-0.1, -0.05) is 29.5 Å². The van der Waals surface area contributed by atoms with E-state index >= 15 is 0 Å². The fourth-order valence-corrected chi connectivity index (χ4v) is 4.15. The van der Waals surface area contributed by atoms with Crippen LogP contribution in [0.3, 0.4) is 0 Å². The number of aryl methyl sites for hydroxylation is 1. The van der Waals surface area contributed by atoms with Crippen molar-refractivity contribution in [3.8, 4) is 5.88 Å². The fraction of sp³-hybridized carbons (Fsp3) is 0.412. The lowest BCUT2D eigenvalue weighted by molar-refractivity contribution is -0.142. The van der Waals surface area contributed by atoms with E-state index in [1.54, 1.807) is 13.2 Å². The topological polar surface area (TPSA) is 89.4 Å². The number of nitrogens with zero attached hydrogens (tertiary/aromatic N) is 2. The summed E-state index contributed by atoms with van der Waals surface area (Å²) in [7, 11) is -4.59. The van der Waals surface area contributed by atoms with Gasteiger partial charge in [0.15, 0.2) is 5.16 Å². The van der Waals surface area contributed by atoms with Crippen molar-refractivity contribution in [1.82, 2.24) is 9.97 Å². The van der Waals surface area contributed by atoms with Gasteiger partial charge in [-0.3, -0.25) is 4.55 Å². The number of hydrogen-bond acceptors (Lipinski definition) is 6. The third-order valence-corrected chi connectivity index (χ3v) is 6.05. The third-order valence-electron chi connectivity index (χ3n) is 4.58. The average Bonchev–Trinajstić information content (AvgIpc) is 2.55. The number of rotatable bonds is 5. The summed E-state index contributed by atoms with van der Waals surface area (Å²) in [4.78, 5) is 7.14. The van der Waals surface area contributed by atoms with Crippen LogP contribution in [0.1, 0.15) is 36.0 Å². The summed E-state index contributed by atoms with van der Waals surface area (Å²) in [5.74, 6) is -0.658. The Hall–Kier alpha value is -1.85. The summed E-state index contributed by atoms with van der Waals surface area (Å²) in [5.41, 5.74) is -1.67. The monoisotopic (exact) mass is 434 g/mol. The second-order valence-corrected chi connectivity index (χ2v) is 8.66. The van der Waals surface area contributed by atoms with Gasteiger partial charge >= 0.3 is 6.18 Å². The average molecular weight is 434 g/mol. The SMILES string of the molecule is CSc1ncc(C(F)(F)F)c(OC2(c3cc(C)ccc3S(=O)(=O)O)CCC2)n1. The van der Waals surface area contributed by atoms with Crippen LogP contribution in [0.25, 0.3) is 0 Å². The van der Waals surface area contributed by atoms with E-state index in [-0.39, 0.29) is 28.5 Å². The van der Waals surface area contributed by atoms with Crippen molar-refractivity contribution in [2.45, 2.75) is 48.0 Å². The Morgan fingerprint density at radius 2 is 1.96 bits per heavy atom. The van der Waals surface area contributed by atoms with Crippen molar-refractivity contribution >= 4 is 21.9 Å². The number of ether oxygens (including phenoxy) is 1. The van der Waals surface area contributed by atoms with Gasteiger partial charge in [0.05, 0.1) is 0 Å². The molecule has 11 heteroatoms. The van der Waals surface area contributed by atoms with E-state index in [1.165, 1.54) is 18.2 Å². The maximum atomic E-state index is 13.4. The molecule has 1 fully saturated rings. The number of thioether (sulfide) groups is 1. The summed E-state index contributed by atoms with van der Waals surface area (Å²) >= 11 is 1.05. The first-order valence-electron chi connectivity index (χ1n) is 8.22. The lowest BCUT2D eigenvalue weighted by Crippen LogP contribution is -2.42. The highest BCUT2D eigenvalue weighted by Crippen LogP contribution is 2.49. The fourth-order valence-electron chi connectivity index (χ4n) is 3.06. The third kappa shape index (κ3) is 3.96. The summed E-state index contributed by atoms with van der Waals surface area (Å²) in [6.07, 6.45) is -1.27. The van der Waals surface area contributed by atoms with Crippen LogP contribution in [0.15, 0.2) is 34.4 Å². The Bertz CT molecular complexity index is 1010. The van der Waals surface area contributed by atoms with Gasteiger partial charge in [-0.25, -0.2) is 4.98 Å². The van der Waals surface area contributed by atoms with Crippen LogP contribution in [0.4, 0.5) is 13.2 Å². The second-order valence-electron chi connectivity index (χ2n) is 6.50. The molecule has 0 amide bonds. The molecule has 1 aliphatic carbocycles. The van der Waals surface area contributed by atoms with E-state index in [2.05, 4.69) is 9.97 Å². The highest BCUT2D eigenvalue weighted by Gasteiger charge is 2.47. The molecular formula is C17H17F3N2O4S2. The number of aromatic nitrogens is 2. The maximum absolute atomic E-state index is 13.4. The minimum atomic E-state index is -4.74. The predicted molar refractivity (Wildman–Crippen MR) is 96.0 cm³/mol. The number of hydrogen-bond donors (Lipinski definition) is 1. The largest absolute Gasteiger partial charge is 0.466 e. The quantitative estimate of drug-likeness (QED) is 0.428. The van der Waals surface area contributed by atoms with E-state index in [9.17, 15) is 26.1 Å². The van der Waals surface area contributed by atoms with E-state index in [1.807, 2.05) is 0 Å². The van der Waals surface area contributed by atoms with Crippen molar-refractivity contribution < 1.29 is 30.9 Å². The van der Waals surface area contributed by atoms with Crippen LogP contribution in [-0.4, -0.2) is 29.2 Å². The lowest BCUT2D eigenvalue weighted by Gasteiger charge is -2.43. The van der Waals surface area contributed by atoms with Gasteiger partial charge in [-0.05, 0) is 38.5 Å². The Morgan fingerprint density at radius 1 is 1.29 bits per heavy atom. The molecule has 0 aliphatic heterocycles. The molecule has 6 nitrogen and oxygen atoms in total. The standard InChI is InChI=1S/C17H17F3N2O4S2/c1-10-4-5-13(28(23,24)25)11(8-10)16(6-3-7-16)26-14-12(17(18,19)20)9-21-15(22-14)27-2/h4-5,8-9H,3,6-7H2,1-2H3,(H,23,24,25). The van der Waals surface area contributed by atoms with Gasteiger partial charge in [0.1, 0.15) is 16.1 Å². The van der Waals surface area contributed by atoms with E-state index in [0.29, 0.717) is 18.2 Å². The maximum Gasteiger partial charge on any atom is 0.423 e. The van der Waals surface area contributed by atoms with Crippen molar-refractivity contribution in [1.29, 1.82) is 0 Å². The van der Waals surface area contributed by atoms with Crippen molar-refractivity contribution in [3.05, 3.63) is 41.1 Å². The zero-order valence-corrected chi connectivity index (χ0v) is 16.6. The first-order valence-corrected chi connectivity index (χ1v) is 10.9. The molecule has 0 bridgehead atoms. The Morgan fingerprint density at radius 3 is 2.46 bits per heavy atom. The molecule has 1 aliphatic rings. The smallest absolute Gasteiger partial charge is 0.423 e. The molecule has 1 aromatic heterocycles. The Labute approximate surface area is 164 Å². The molecule has 28 heavy (non-hydrogen) atoms. The molecule has 0 atom stereocenters. The summed E-state index contributed by atoms with van der Waals surface area (Å²) < 4.78 is 79.2. The summed E-state index contributed by atoms with van der Waals surface area (Å²) in [6.45, 7) is 1.71. The van der Waals surface area contributed by atoms with Gasteiger partial charge in [-0.2, -0.15) is 26.6 Å². The first kappa shape index (κ1) is 20.9. The molecule has 1 aromatic carbocycles. The predicted octanol–water partition coefficient (Wildman–Crippen LogP) is 4.23. The normalized spacial score (nSPS) is 16.5. The summed E-state index contributed by atoms with van der Waals surface area (Å²) in [6, 6.07) is 4.23. The van der Waals surface area contributed by atoms with Crippen molar-refractivity contribution in [3.63, 3.8) is 0 Å². The molecule has 0 saturated heterocycles. The van der Waals surface area contributed by atoms with E-state index in [4.69, 9.17) is 4.74 Å². The highest BCUT2D eigenvalue weighted by molar-refractivity contribution is 7.98. The molecule has 1 N–H and O–H groups in total. The number of benzene rings is 1. The molecular weight excluding hydrogens is 417 g/mol. The van der Waals surface area contributed by atoms with Crippen LogP contribution in [0, 0.1) is 6.92 Å². The van der Waals surface area contributed by atoms with Crippen LogP contribution in [0.2, 0.25) is 0 Å². The van der Waals surface area contributed by atoms with E-state index < -0.39 is 33.3 Å². The first-order chi connectivity index (χ1) is 13.0. The molecule has 3 rings (SSSR count). The van der Waals surface area contributed by atoms with Gasteiger partial charge in [0.2, 0.25) is 5.88 Å². The zero-order chi connectivity index (χ0) is 20.7. The molecule has 0 spiro atoms. The van der Waals surface area contributed by atoms with Crippen molar-refractivity contribution in [2.75, 3.05) is 6.26 Å². The number of halogens is 3. The summed E-state index contributed by atoms with van der Waals surface area (Å²) in [5, 5.41) is 0.0942. The van der Waals surface area contributed by atoms with Crippen LogP contribution in [0.5, 0.6) is 5.88 Å². The van der Waals surface area contributed by atoms with Gasteiger partial charge in [-0.15, -0.1) is 0 Å². The molecule has 0 unspecified atom stereocenters. The van der Waals surface area contributed by atoms with Crippen LogP contribution < -0.4 is 4.74 Å². The highest BCUT2D eigenvalue weighted by atomic mass is 32.2. The van der Waals surface area contributed by atoms with Crippen molar-refractivity contribution in [2.24, 2.45) is 0 Å². The zero-order valence-electron chi connectivity index (χ0n) is 14.9. The van der Waals surface area contributed by atoms with Crippen LogP contribution in [-0.2, 0) is 21.9 Å². The Kier molecular flexibility index (Phi) is 5.36. The molecule has 1 heterocycles.